The van der Waals surface area contributed by atoms with Gasteiger partial charge in [-0.05, 0) is 24.3 Å². The zero-order valence-electron chi connectivity index (χ0n) is 19.2. The van der Waals surface area contributed by atoms with Gasteiger partial charge in [0.05, 0.1) is 19.3 Å². The number of rotatable bonds is 13. The van der Waals surface area contributed by atoms with Crippen LogP contribution in [-0.4, -0.2) is 58.9 Å². The van der Waals surface area contributed by atoms with Gasteiger partial charge < -0.3 is 19.7 Å². The van der Waals surface area contributed by atoms with E-state index >= 15 is 0 Å². The van der Waals surface area contributed by atoms with Crippen molar-refractivity contribution in [2.24, 2.45) is 5.92 Å². The molecule has 0 saturated heterocycles. The number of esters is 1. The van der Waals surface area contributed by atoms with E-state index in [4.69, 9.17) is 4.74 Å². The van der Waals surface area contributed by atoms with Crippen LogP contribution >= 0.6 is 11.8 Å². The molecule has 33 heavy (non-hydrogen) atoms. The quantitative estimate of drug-likeness (QED) is 0.333. The number of aliphatic hydroxyl groups excluding tert-OH is 2. The maximum absolute atomic E-state index is 12.4. The summed E-state index contributed by atoms with van der Waals surface area (Å²) in [5.74, 6) is 0.866. The smallest absolute Gasteiger partial charge is 0.305 e. The Hall–Kier alpha value is -2.09. The van der Waals surface area contributed by atoms with Crippen molar-refractivity contribution in [1.29, 1.82) is 0 Å². The molecule has 4 unspecified atom stereocenters. The first kappa shape index (κ1) is 25.5. The molecule has 7 heteroatoms. The van der Waals surface area contributed by atoms with Crippen molar-refractivity contribution in [1.82, 2.24) is 0 Å². The number of ether oxygens (including phenoxy) is 2. The first-order valence-corrected chi connectivity index (χ1v) is 12.7. The van der Waals surface area contributed by atoms with Crippen LogP contribution in [0.5, 0.6) is 5.75 Å². The first-order chi connectivity index (χ1) is 16.0. The Bertz CT molecular complexity index is 911. The average molecular weight is 475 g/mol. The van der Waals surface area contributed by atoms with Gasteiger partial charge in [-0.25, -0.2) is 0 Å². The number of benzene rings is 2. The number of unbranched alkanes of at least 4 members (excludes halogenated alkanes) is 3. The van der Waals surface area contributed by atoms with Crippen LogP contribution in [0.1, 0.15) is 44.9 Å². The Labute approximate surface area is 199 Å². The largest absolute Gasteiger partial charge is 0.490 e. The molecule has 3 rings (SSSR count). The second-order valence-electron chi connectivity index (χ2n) is 8.61. The molecule has 0 spiro atoms. The Balaban J connectivity index is 1.42. The van der Waals surface area contributed by atoms with E-state index in [9.17, 15) is 19.8 Å². The molecule has 1 fully saturated rings. The number of carbonyl (C=O) groups excluding carboxylic acids is 2. The number of hydrogen-bond acceptors (Lipinski definition) is 7. The number of methoxy groups -OCH3 is 1. The van der Waals surface area contributed by atoms with Crippen molar-refractivity contribution >= 4 is 34.3 Å². The molecular formula is C26H34O6S. The third-order valence-electron chi connectivity index (χ3n) is 6.14. The van der Waals surface area contributed by atoms with Gasteiger partial charge in [0.1, 0.15) is 18.1 Å². The van der Waals surface area contributed by atoms with Gasteiger partial charge in [-0.2, -0.15) is 11.8 Å². The summed E-state index contributed by atoms with van der Waals surface area (Å²) < 4.78 is 10.5. The van der Waals surface area contributed by atoms with Crippen molar-refractivity contribution in [3.8, 4) is 5.75 Å². The fraction of sp³-hybridized carbons (Fsp3) is 0.538. The third kappa shape index (κ3) is 7.45. The summed E-state index contributed by atoms with van der Waals surface area (Å²) in [6, 6.07) is 13.8. The molecular weight excluding hydrogens is 440 g/mol. The summed E-state index contributed by atoms with van der Waals surface area (Å²) in [6.45, 7) is 0.155. The molecule has 0 bridgehead atoms. The van der Waals surface area contributed by atoms with Crippen LogP contribution in [0.25, 0.3) is 10.8 Å². The summed E-state index contributed by atoms with van der Waals surface area (Å²) >= 11 is 1.46. The summed E-state index contributed by atoms with van der Waals surface area (Å²) in [4.78, 5) is 23.6. The SMILES string of the molecule is COC(=O)CCCCCCC1C(=O)CC(O)C1SCC(O)COc1cccc2ccccc12. The predicted molar refractivity (Wildman–Crippen MR) is 131 cm³/mol. The molecule has 1 saturated carbocycles. The molecule has 1 aliphatic carbocycles. The minimum atomic E-state index is -0.698. The lowest BCUT2D eigenvalue weighted by atomic mass is 9.98. The zero-order valence-corrected chi connectivity index (χ0v) is 20.0. The first-order valence-electron chi connectivity index (χ1n) is 11.7. The Morgan fingerprint density at radius 2 is 1.88 bits per heavy atom. The van der Waals surface area contributed by atoms with E-state index in [0.29, 0.717) is 12.2 Å². The number of ketones is 1. The number of Topliss-reactive ketones (excluding diaryl/α,β-unsaturated/α-hetero) is 1. The van der Waals surface area contributed by atoms with Gasteiger partial charge in [0.25, 0.3) is 0 Å². The molecule has 0 aromatic heterocycles. The van der Waals surface area contributed by atoms with Gasteiger partial charge >= 0.3 is 5.97 Å². The molecule has 0 aliphatic heterocycles. The predicted octanol–water partition coefficient (Wildman–Crippen LogP) is 4.14. The van der Waals surface area contributed by atoms with E-state index in [1.165, 1.54) is 18.9 Å². The summed E-state index contributed by atoms with van der Waals surface area (Å²) in [7, 11) is 1.39. The second-order valence-corrected chi connectivity index (χ2v) is 9.82. The Kier molecular flexibility index (Phi) is 10.0. The minimum absolute atomic E-state index is 0.107. The molecule has 1 aliphatic rings. The van der Waals surface area contributed by atoms with Gasteiger partial charge in [0.2, 0.25) is 0 Å². The lowest BCUT2D eigenvalue weighted by molar-refractivity contribution is -0.140. The summed E-state index contributed by atoms with van der Waals surface area (Å²) in [5.41, 5.74) is 0. The molecule has 0 radical (unpaired) electrons. The summed E-state index contributed by atoms with van der Waals surface area (Å²) in [6.07, 6.45) is 3.50. The fourth-order valence-electron chi connectivity index (χ4n) is 4.34. The standard InChI is InChI=1S/C26H34O6S/c1-31-25(30)14-5-3-2-4-12-21-22(28)15-23(29)26(21)33-17-19(27)16-32-24-13-8-10-18-9-6-7-11-20(18)24/h6-11,13,19,21,23,26-27,29H,2-5,12,14-17H2,1H3. The van der Waals surface area contributed by atoms with Gasteiger partial charge in [-0.15, -0.1) is 0 Å². The van der Waals surface area contributed by atoms with Crippen molar-refractivity contribution in [2.45, 2.75) is 62.4 Å². The van der Waals surface area contributed by atoms with Crippen LogP contribution < -0.4 is 4.74 Å². The van der Waals surface area contributed by atoms with E-state index in [2.05, 4.69) is 4.74 Å². The van der Waals surface area contributed by atoms with Crippen LogP contribution in [0.15, 0.2) is 42.5 Å². The number of fused-ring (bicyclic) bond motifs is 1. The normalized spacial score (nSPS) is 21.3. The van der Waals surface area contributed by atoms with Crippen LogP contribution in [0.4, 0.5) is 0 Å². The maximum atomic E-state index is 12.4. The van der Waals surface area contributed by atoms with Crippen LogP contribution in [0.2, 0.25) is 0 Å². The van der Waals surface area contributed by atoms with Gasteiger partial charge in [-0.3, -0.25) is 9.59 Å². The number of hydrogen-bond donors (Lipinski definition) is 2. The highest BCUT2D eigenvalue weighted by molar-refractivity contribution is 8.00. The third-order valence-corrected chi connectivity index (χ3v) is 7.74. The number of thioether (sulfide) groups is 1. The molecule has 0 amide bonds. The highest BCUT2D eigenvalue weighted by Gasteiger charge is 2.41. The van der Waals surface area contributed by atoms with E-state index in [1.807, 2.05) is 42.5 Å². The molecule has 2 aromatic carbocycles. The van der Waals surface area contributed by atoms with Gasteiger partial charge in [0.15, 0.2) is 0 Å². The lowest BCUT2D eigenvalue weighted by Crippen LogP contribution is -2.28. The van der Waals surface area contributed by atoms with Crippen molar-refractivity contribution in [2.75, 3.05) is 19.5 Å². The van der Waals surface area contributed by atoms with E-state index in [-0.39, 0.29) is 35.9 Å². The second kappa shape index (κ2) is 13.0. The molecule has 2 aromatic rings. The minimum Gasteiger partial charge on any atom is -0.490 e. The Morgan fingerprint density at radius 1 is 1.12 bits per heavy atom. The zero-order chi connectivity index (χ0) is 23.6. The van der Waals surface area contributed by atoms with E-state index in [0.717, 1.165) is 48.6 Å². The molecule has 4 atom stereocenters. The fourth-order valence-corrected chi connectivity index (χ4v) is 5.72. The highest BCUT2D eigenvalue weighted by Crippen LogP contribution is 2.36. The lowest BCUT2D eigenvalue weighted by Gasteiger charge is -2.22. The molecule has 0 heterocycles. The van der Waals surface area contributed by atoms with Gasteiger partial charge in [0, 0.05) is 35.1 Å². The van der Waals surface area contributed by atoms with Crippen LogP contribution in [-0.2, 0) is 14.3 Å². The average Bonchev–Trinajstić information content (AvgIpc) is 3.10. The van der Waals surface area contributed by atoms with E-state index in [1.54, 1.807) is 0 Å². The van der Waals surface area contributed by atoms with Crippen molar-refractivity contribution in [3.05, 3.63) is 42.5 Å². The molecule has 6 nitrogen and oxygen atoms in total. The van der Waals surface area contributed by atoms with Crippen LogP contribution in [0, 0.1) is 5.92 Å². The Morgan fingerprint density at radius 3 is 2.70 bits per heavy atom. The van der Waals surface area contributed by atoms with E-state index < -0.39 is 12.2 Å². The molecule has 2 N–H and O–H groups in total. The maximum Gasteiger partial charge on any atom is 0.305 e. The van der Waals surface area contributed by atoms with Crippen molar-refractivity contribution in [3.63, 3.8) is 0 Å². The van der Waals surface area contributed by atoms with Crippen molar-refractivity contribution < 1.29 is 29.3 Å². The summed E-state index contributed by atoms with van der Waals surface area (Å²) in [5, 5.41) is 22.8. The van der Waals surface area contributed by atoms with Crippen LogP contribution in [0.3, 0.4) is 0 Å². The number of aliphatic hydroxyl groups is 2. The highest BCUT2D eigenvalue weighted by atomic mass is 32.2. The topological polar surface area (TPSA) is 93.1 Å². The number of carbonyl (C=O) groups is 2. The van der Waals surface area contributed by atoms with Gasteiger partial charge in [-0.1, -0.05) is 55.7 Å². The monoisotopic (exact) mass is 474 g/mol. The molecule has 180 valence electrons.